The molecular weight excluding hydrogens is 334 g/mol. The molecule has 0 spiro atoms. The van der Waals surface area contributed by atoms with Crippen molar-refractivity contribution in [1.29, 1.82) is 0 Å². The fourth-order valence-corrected chi connectivity index (χ4v) is 3.50. The Morgan fingerprint density at radius 1 is 1.32 bits per heavy atom. The molecule has 0 radical (unpaired) electrons. The summed E-state index contributed by atoms with van der Waals surface area (Å²) in [6, 6.07) is 9.27. The first kappa shape index (κ1) is 15.8. The Hall–Kier alpha value is -2.73. The molecule has 0 amide bonds. The fourth-order valence-electron chi connectivity index (χ4n) is 2.84. The van der Waals surface area contributed by atoms with Crippen LogP contribution in [-0.2, 0) is 0 Å². The minimum Gasteiger partial charge on any atom is -0.422 e. The predicted molar refractivity (Wildman–Crippen MR) is 102 cm³/mol. The Labute approximate surface area is 148 Å². The molecule has 0 aliphatic heterocycles. The molecule has 0 saturated carbocycles. The first-order chi connectivity index (χ1) is 12.3. The van der Waals surface area contributed by atoms with Crippen molar-refractivity contribution >= 4 is 33.7 Å². The van der Waals surface area contributed by atoms with Crippen LogP contribution in [0.15, 0.2) is 62.2 Å². The standard InChI is InChI=1S/C19H17N3O2S/c23-18-15(10-14-8-4-5-9-17(14)24-18)16-12-25-19(21-16)22-20-11-13-6-2-1-3-7-13/h1-2,4-5,8-13H,3,6-7H2,(H,21,22)/b20-11+. The number of hydrazone groups is 1. The van der Waals surface area contributed by atoms with E-state index < -0.39 is 0 Å². The molecular formula is C19H17N3O2S. The molecule has 0 fully saturated rings. The number of allylic oxidation sites excluding steroid dienone is 2. The molecule has 4 rings (SSSR count). The second-order valence-corrected chi connectivity index (χ2v) is 6.82. The first-order valence-corrected chi connectivity index (χ1v) is 9.10. The van der Waals surface area contributed by atoms with E-state index in [9.17, 15) is 4.79 Å². The molecule has 1 aromatic carbocycles. The van der Waals surface area contributed by atoms with Gasteiger partial charge in [-0.1, -0.05) is 30.4 Å². The summed E-state index contributed by atoms with van der Waals surface area (Å²) < 4.78 is 5.37. The maximum absolute atomic E-state index is 12.2. The van der Waals surface area contributed by atoms with Crippen LogP contribution in [0.3, 0.4) is 0 Å². The molecule has 0 saturated heterocycles. The minimum absolute atomic E-state index is 0.381. The van der Waals surface area contributed by atoms with Crippen molar-refractivity contribution in [3.8, 4) is 11.3 Å². The van der Waals surface area contributed by atoms with Gasteiger partial charge in [0.2, 0.25) is 5.13 Å². The lowest BCUT2D eigenvalue weighted by Gasteiger charge is -2.11. The number of para-hydroxylation sites is 1. The van der Waals surface area contributed by atoms with Gasteiger partial charge in [-0.15, -0.1) is 11.3 Å². The largest absolute Gasteiger partial charge is 0.422 e. The number of nitrogens with one attached hydrogen (secondary N) is 1. The van der Waals surface area contributed by atoms with Crippen molar-refractivity contribution in [1.82, 2.24) is 4.98 Å². The van der Waals surface area contributed by atoms with Crippen LogP contribution >= 0.6 is 11.3 Å². The summed E-state index contributed by atoms with van der Waals surface area (Å²) in [6.07, 6.45) is 9.61. The van der Waals surface area contributed by atoms with Crippen LogP contribution in [0.5, 0.6) is 0 Å². The Kier molecular flexibility index (Phi) is 4.43. The van der Waals surface area contributed by atoms with E-state index in [2.05, 4.69) is 27.7 Å². The van der Waals surface area contributed by atoms with Crippen molar-refractivity contribution in [2.24, 2.45) is 11.0 Å². The summed E-state index contributed by atoms with van der Waals surface area (Å²) in [4.78, 5) is 16.7. The van der Waals surface area contributed by atoms with Gasteiger partial charge in [0.15, 0.2) is 0 Å². The first-order valence-electron chi connectivity index (χ1n) is 8.22. The maximum atomic E-state index is 12.2. The van der Waals surface area contributed by atoms with Crippen molar-refractivity contribution in [2.75, 3.05) is 5.43 Å². The number of thiazole rings is 1. The van der Waals surface area contributed by atoms with Crippen molar-refractivity contribution < 1.29 is 4.42 Å². The quantitative estimate of drug-likeness (QED) is 0.321. The molecule has 3 aromatic rings. The SMILES string of the molecule is O=c1oc2ccccc2cc1-c1csc(N/N=C/C2CC=CCC2)n1. The fraction of sp³-hybridized carbons (Fsp3) is 0.211. The highest BCUT2D eigenvalue weighted by Gasteiger charge is 2.11. The zero-order valence-electron chi connectivity index (χ0n) is 13.5. The molecule has 1 unspecified atom stereocenters. The Morgan fingerprint density at radius 3 is 3.12 bits per heavy atom. The van der Waals surface area contributed by atoms with Gasteiger partial charge in [0.05, 0.1) is 11.3 Å². The van der Waals surface area contributed by atoms with Crippen LogP contribution in [0.1, 0.15) is 19.3 Å². The van der Waals surface area contributed by atoms with E-state index in [1.165, 1.54) is 11.3 Å². The summed E-state index contributed by atoms with van der Waals surface area (Å²) in [5.74, 6) is 0.476. The van der Waals surface area contributed by atoms with E-state index in [1.54, 1.807) is 6.07 Å². The van der Waals surface area contributed by atoms with Crippen LogP contribution in [0.2, 0.25) is 0 Å². The lowest BCUT2D eigenvalue weighted by molar-refractivity contribution is 0.563. The number of hydrogen-bond acceptors (Lipinski definition) is 6. The van der Waals surface area contributed by atoms with Gasteiger partial charge in [0.25, 0.3) is 0 Å². The summed E-state index contributed by atoms with van der Waals surface area (Å²) in [7, 11) is 0. The van der Waals surface area contributed by atoms with Crippen LogP contribution in [0, 0.1) is 5.92 Å². The van der Waals surface area contributed by atoms with E-state index in [0.717, 1.165) is 24.6 Å². The monoisotopic (exact) mass is 351 g/mol. The lowest BCUT2D eigenvalue weighted by atomic mass is 9.96. The number of aromatic nitrogens is 1. The Morgan fingerprint density at radius 2 is 2.24 bits per heavy atom. The summed E-state index contributed by atoms with van der Waals surface area (Å²) in [6.45, 7) is 0. The predicted octanol–water partition coefficient (Wildman–Crippen LogP) is 4.67. The highest BCUT2D eigenvalue weighted by molar-refractivity contribution is 7.14. The lowest BCUT2D eigenvalue weighted by Crippen LogP contribution is -2.05. The van der Waals surface area contributed by atoms with Gasteiger partial charge in [-0.05, 0) is 37.3 Å². The van der Waals surface area contributed by atoms with Crippen LogP contribution < -0.4 is 11.1 Å². The number of rotatable bonds is 4. The molecule has 0 bridgehead atoms. The van der Waals surface area contributed by atoms with Gasteiger partial charge < -0.3 is 4.42 Å². The topological polar surface area (TPSA) is 67.5 Å². The van der Waals surface area contributed by atoms with Gasteiger partial charge in [0, 0.05) is 17.0 Å². The molecule has 1 atom stereocenters. The third-order valence-corrected chi connectivity index (χ3v) is 4.92. The zero-order valence-corrected chi connectivity index (χ0v) is 14.3. The minimum atomic E-state index is -0.381. The molecule has 5 nitrogen and oxygen atoms in total. The van der Waals surface area contributed by atoms with E-state index in [-0.39, 0.29) is 5.63 Å². The smallest absolute Gasteiger partial charge is 0.345 e. The van der Waals surface area contributed by atoms with Crippen molar-refractivity contribution in [3.05, 3.63) is 58.3 Å². The third-order valence-electron chi connectivity index (χ3n) is 4.18. The number of nitrogens with zero attached hydrogens (tertiary/aromatic N) is 2. The molecule has 126 valence electrons. The second-order valence-electron chi connectivity index (χ2n) is 5.96. The average Bonchev–Trinajstić information content (AvgIpc) is 3.11. The second kappa shape index (κ2) is 7.03. The number of hydrogen-bond donors (Lipinski definition) is 1. The van der Waals surface area contributed by atoms with Gasteiger partial charge in [-0.25, -0.2) is 9.78 Å². The molecule has 1 aliphatic carbocycles. The normalized spacial score (nSPS) is 17.4. The summed E-state index contributed by atoms with van der Waals surface area (Å²) in [5.41, 5.74) is 4.22. The average molecular weight is 351 g/mol. The Bertz CT molecular complexity index is 1000. The number of fused-ring (bicyclic) bond motifs is 1. The molecule has 25 heavy (non-hydrogen) atoms. The zero-order chi connectivity index (χ0) is 17.1. The molecule has 1 N–H and O–H groups in total. The molecule has 2 aromatic heterocycles. The number of benzene rings is 1. The third kappa shape index (κ3) is 3.53. The van der Waals surface area contributed by atoms with Crippen molar-refractivity contribution in [3.63, 3.8) is 0 Å². The maximum Gasteiger partial charge on any atom is 0.345 e. The molecule has 1 aliphatic rings. The van der Waals surface area contributed by atoms with Crippen LogP contribution in [-0.4, -0.2) is 11.2 Å². The van der Waals surface area contributed by atoms with Crippen LogP contribution in [0.4, 0.5) is 5.13 Å². The van der Waals surface area contributed by atoms with Gasteiger partial charge in [0.1, 0.15) is 5.58 Å². The van der Waals surface area contributed by atoms with Gasteiger partial charge in [-0.2, -0.15) is 5.10 Å². The van der Waals surface area contributed by atoms with E-state index >= 15 is 0 Å². The van der Waals surface area contributed by atoms with Gasteiger partial charge in [-0.3, -0.25) is 5.43 Å². The molecule has 6 heteroatoms. The molecule has 2 heterocycles. The number of anilines is 1. The van der Waals surface area contributed by atoms with Crippen molar-refractivity contribution in [2.45, 2.75) is 19.3 Å². The summed E-state index contributed by atoms with van der Waals surface area (Å²) >= 11 is 1.41. The highest BCUT2D eigenvalue weighted by atomic mass is 32.1. The Balaban J connectivity index is 1.53. The van der Waals surface area contributed by atoms with E-state index in [0.29, 0.717) is 27.9 Å². The van der Waals surface area contributed by atoms with Gasteiger partial charge >= 0.3 is 5.63 Å². The van der Waals surface area contributed by atoms with E-state index in [1.807, 2.05) is 35.9 Å². The van der Waals surface area contributed by atoms with E-state index in [4.69, 9.17) is 4.42 Å². The highest BCUT2D eigenvalue weighted by Crippen LogP contribution is 2.25. The summed E-state index contributed by atoms with van der Waals surface area (Å²) in [5, 5.41) is 7.65. The van der Waals surface area contributed by atoms with Crippen LogP contribution in [0.25, 0.3) is 22.2 Å².